The van der Waals surface area contributed by atoms with E-state index in [-0.39, 0.29) is 5.41 Å². The number of benzene rings is 2. The summed E-state index contributed by atoms with van der Waals surface area (Å²) in [7, 11) is 0. The molecule has 0 amide bonds. The van der Waals surface area contributed by atoms with Gasteiger partial charge in [-0.05, 0) is 30.4 Å². The van der Waals surface area contributed by atoms with Crippen LogP contribution in [0, 0.1) is 5.41 Å². The topological polar surface area (TPSA) is 40.5 Å². The van der Waals surface area contributed by atoms with E-state index in [4.69, 9.17) is 5.11 Å². The van der Waals surface area contributed by atoms with Crippen molar-refractivity contribution in [1.29, 1.82) is 0 Å². The molecule has 0 spiro atoms. The highest BCUT2D eigenvalue weighted by Crippen LogP contribution is 2.58. The van der Waals surface area contributed by atoms with Crippen LogP contribution in [0.5, 0.6) is 0 Å². The standard InChI is InChI=1S/C25H34NO2/c27-20-10-2-1-9-17-26-18-15-24(21-26,16-19-26)25(28,22-11-5-3-6-12-22)23-13-7-4-8-14-23/h3-8,11-14,27-28H,1-2,9-10,15-21H2/q+1. The molecule has 28 heavy (non-hydrogen) atoms. The fourth-order valence-corrected chi connectivity index (χ4v) is 5.93. The highest BCUT2D eigenvalue weighted by atomic mass is 16.3. The SMILES string of the molecule is OCCCCCC[N+]12CCC(C(O)(c3ccccc3)c3ccccc3)(CC1)C2. The molecule has 2 aliphatic heterocycles. The first-order valence-corrected chi connectivity index (χ1v) is 10.9. The molecule has 2 N–H and O–H groups in total. The molecule has 2 aromatic rings. The van der Waals surface area contributed by atoms with Crippen LogP contribution in [-0.4, -0.2) is 47.5 Å². The second-order valence-corrected chi connectivity index (χ2v) is 9.03. The minimum absolute atomic E-state index is 0.0825. The summed E-state index contributed by atoms with van der Waals surface area (Å²) in [6.07, 6.45) is 6.65. The van der Waals surface area contributed by atoms with Gasteiger partial charge in [-0.15, -0.1) is 0 Å². The first-order chi connectivity index (χ1) is 13.6. The van der Waals surface area contributed by atoms with Gasteiger partial charge in [-0.25, -0.2) is 0 Å². The van der Waals surface area contributed by atoms with Crippen molar-refractivity contribution in [2.24, 2.45) is 5.41 Å². The lowest BCUT2D eigenvalue weighted by Crippen LogP contribution is -2.46. The normalized spacial score (nSPS) is 26.6. The maximum absolute atomic E-state index is 12.3. The van der Waals surface area contributed by atoms with Gasteiger partial charge in [0, 0.05) is 19.4 Å². The Hall–Kier alpha value is -1.68. The summed E-state index contributed by atoms with van der Waals surface area (Å²) >= 11 is 0. The van der Waals surface area contributed by atoms with Crippen molar-refractivity contribution in [3.05, 3.63) is 71.8 Å². The molecule has 2 bridgehead atoms. The molecule has 0 radical (unpaired) electrons. The number of nitrogens with zero attached hydrogens (tertiary/aromatic N) is 1. The molecule has 2 heterocycles. The Morgan fingerprint density at radius 1 is 0.786 bits per heavy atom. The number of fused-ring (bicyclic) bond motifs is 2. The van der Waals surface area contributed by atoms with Crippen molar-refractivity contribution >= 4 is 0 Å². The Morgan fingerprint density at radius 3 is 1.86 bits per heavy atom. The molecule has 3 nitrogen and oxygen atoms in total. The lowest BCUT2D eigenvalue weighted by Gasteiger charge is -2.42. The van der Waals surface area contributed by atoms with Gasteiger partial charge in [0.1, 0.15) is 5.60 Å². The third-order valence-corrected chi connectivity index (χ3v) is 7.46. The summed E-state index contributed by atoms with van der Waals surface area (Å²) in [5.41, 5.74) is 1.06. The van der Waals surface area contributed by atoms with Crippen LogP contribution in [0.1, 0.15) is 49.7 Å². The predicted molar refractivity (Wildman–Crippen MR) is 113 cm³/mol. The largest absolute Gasteiger partial charge is 0.396 e. The molecule has 0 aromatic heterocycles. The van der Waals surface area contributed by atoms with E-state index in [1.165, 1.54) is 37.0 Å². The number of rotatable bonds is 9. The predicted octanol–water partition coefficient (Wildman–Crippen LogP) is 4.09. The Labute approximate surface area is 169 Å². The van der Waals surface area contributed by atoms with Gasteiger partial charge in [0.05, 0.1) is 31.6 Å². The van der Waals surface area contributed by atoms with E-state index < -0.39 is 5.60 Å². The molecular formula is C25H34NO2+. The van der Waals surface area contributed by atoms with Gasteiger partial charge in [-0.1, -0.05) is 67.1 Å². The number of quaternary nitrogens is 1. The molecule has 0 unspecified atom stereocenters. The molecule has 2 aliphatic rings. The van der Waals surface area contributed by atoms with Crippen LogP contribution in [0.2, 0.25) is 0 Å². The summed E-state index contributed by atoms with van der Waals surface area (Å²) < 4.78 is 1.17. The second kappa shape index (κ2) is 7.98. The van der Waals surface area contributed by atoms with Crippen LogP contribution in [0.25, 0.3) is 0 Å². The Kier molecular flexibility index (Phi) is 5.59. The highest BCUT2D eigenvalue weighted by Gasteiger charge is 2.65. The summed E-state index contributed by atoms with van der Waals surface area (Å²) in [6, 6.07) is 20.7. The molecule has 150 valence electrons. The van der Waals surface area contributed by atoms with Crippen LogP contribution >= 0.6 is 0 Å². The van der Waals surface area contributed by atoms with Gasteiger partial charge >= 0.3 is 0 Å². The lowest BCUT2D eigenvalue weighted by atomic mass is 9.63. The number of aliphatic hydroxyl groups is 2. The maximum Gasteiger partial charge on any atom is 0.126 e. The monoisotopic (exact) mass is 380 g/mol. The molecule has 0 aliphatic carbocycles. The van der Waals surface area contributed by atoms with Crippen LogP contribution in [0.4, 0.5) is 0 Å². The van der Waals surface area contributed by atoms with Crippen molar-refractivity contribution < 1.29 is 14.7 Å². The smallest absolute Gasteiger partial charge is 0.126 e. The number of hydrogen-bond acceptors (Lipinski definition) is 2. The van der Waals surface area contributed by atoms with Crippen molar-refractivity contribution in [2.75, 3.05) is 32.8 Å². The second-order valence-electron chi connectivity index (χ2n) is 9.03. The third kappa shape index (κ3) is 3.30. The summed E-state index contributed by atoms with van der Waals surface area (Å²) in [5.74, 6) is 0. The van der Waals surface area contributed by atoms with Crippen molar-refractivity contribution in [2.45, 2.75) is 44.1 Å². The molecule has 4 rings (SSSR count). The van der Waals surface area contributed by atoms with Crippen LogP contribution in [0.15, 0.2) is 60.7 Å². The lowest BCUT2D eigenvalue weighted by molar-refractivity contribution is -0.909. The zero-order chi connectivity index (χ0) is 19.5. The first-order valence-electron chi connectivity index (χ1n) is 10.9. The van der Waals surface area contributed by atoms with Gasteiger partial charge in [-0.3, -0.25) is 0 Å². The average Bonchev–Trinajstić information content (AvgIpc) is 3.32. The van der Waals surface area contributed by atoms with Crippen molar-refractivity contribution in [3.63, 3.8) is 0 Å². The fourth-order valence-electron chi connectivity index (χ4n) is 5.93. The molecule has 2 fully saturated rings. The van der Waals surface area contributed by atoms with E-state index in [9.17, 15) is 5.11 Å². The van der Waals surface area contributed by atoms with Crippen LogP contribution < -0.4 is 0 Å². The molecular weight excluding hydrogens is 346 g/mol. The van der Waals surface area contributed by atoms with Gasteiger partial charge in [0.15, 0.2) is 0 Å². The zero-order valence-corrected chi connectivity index (χ0v) is 16.9. The van der Waals surface area contributed by atoms with E-state index in [0.29, 0.717) is 6.61 Å². The number of unbranched alkanes of at least 4 members (excludes halogenated alkanes) is 3. The maximum atomic E-state index is 12.3. The summed E-state index contributed by atoms with van der Waals surface area (Å²) in [4.78, 5) is 0. The quantitative estimate of drug-likeness (QED) is 0.508. The molecule has 0 saturated carbocycles. The first kappa shape index (κ1) is 19.6. The number of hydrogen-bond donors (Lipinski definition) is 2. The highest BCUT2D eigenvalue weighted by molar-refractivity contribution is 5.39. The van der Waals surface area contributed by atoms with Gasteiger partial charge in [0.2, 0.25) is 0 Å². The average molecular weight is 381 g/mol. The van der Waals surface area contributed by atoms with E-state index in [1.54, 1.807) is 0 Å². The molecule has 3 heteroatoms. The Morgan fingerprint density at radius 2 is 1.32 bits per heavy atom. The third-order valence-electron chi connectivity index (χ3n) is 7.46. The zero-order valence-electron chi connectivity index (χ0n) is 16.9. The van der Waals surface area contributed by atoms with E-state index in [2.05, 4.69) is 24.3 Å². The molecule has 2 saturated heterocycles. The minimum Gasteiger partial charge on any atom is -0.396 e. The molecule has 2 aromatic carbocycles. The Bertz CT molecular complexity index is 711. The van der Waals surface area contributed by atoms with E-state index in [1.807, 2.05) is 36.4 Å². The number of piperidine rings is 1. The van der Waals surface area contributed by atoms with Crippen molar-refractivity contribution in [3.8, 4) is 0 Å². The van der Waals surface area contributed by atoms with E-state index in [0.717, 1.165) is 43.4 Å². The van der Waals surface area contributed by atoms with Crippen LogP contribution in [0.3, 0.4) is 0 Å². The van der Waals surface area contributed by atoms with Crippen LogP contribution in [-0.2, 0) is 5.60 Å². The van der Waals surface area contributed by atoms with Gasteiger partial charge in [-0.2, -0.15) is 0 Å². The fraction of sp³-hybridized carbons (Fsp3) is 0.520. The summed E-state index contributed by atoms with van der Waals surface area (Å²) in [6.45, 7) is 4.97. The minimum atomic E-state index is -0.928. The Balaban J connectivity index is 1.60. The molecule has 0 atom stereocenters. The number of aliphatic hydroxyl groups excluding tert-OH is 1. The van der Waals surface area contributed by atoms with Crippen molar-refractivity contribution in [1.82, 2.24) is 0 Å². The summed E-state index contributed by atoms with van der Waals surface area (Å²) in [5, 5.41) is 21.3. The van der Waals surface area contributed by atoms with Gasteiger partial charge in [0.25, 0.3) is 0 Å². The van der Waals surface area contributed by atoms with Gasteiger partial charge < -0.3 is 14.7 Å². The van der Waals surface area contributed by atoms with E-state index >= 15 is 0 Å².